The minimum absolute atomic E-state index is 0.0230. The molecule has 0 spiro atoms. The van der Waals surface area contributed by atoms with Crippen LogP contribution in [-0.4, -0.2) is 5.91 Å². The number of anilines is 1. The summed E-state index contributed by atoms with van der Waals surface area (Å²) in [4.78, 5) is 13.2. The predicted molar refractivity (Wildman–Crippen MR) is 144 cm³/mol. The average Bonchev–Trinajstić information content (AvgIpc) is 2.86. The Balaban J connectivity index is 1.68. The Morgan fingerprint density at radius 1 is 0.816 bits per heavy atom. The maximum Gasteiger partial charge on any atom is 0.416 e. The van der Waals surface area contributed by atoms with E-state index in [1.807, 2.05) is 60.7 Å². The highest BCUT2D eigenvalue weighted by atomic mass is 35.5. The van der Waals surface area contributed by atoms with Gasteiger partial charge in [0.15, 0.2) is 0 Å². The van der Waals surface area contributed by atoms with Crippen molar-refractivity contribution in [3.8, 4) is 5.75 Å². The Hall–Kier alpha value is -3.25. The molecule has 4 nitrogen and oxygen atoms in total. The van der Waals surface area contributed by atoms with Crippen LogP contribution in [0.5, 0.6) is 5.75 Å². The molecule has 196 valence electrons. The third-order valence-electron chi connectivity index (χ3n) is 5.53. The van der Waals surface area contributed by atoms with Crippen LogP contribution >= 0.6 is 30.6 Å². The highest BCUT2D eigenvalue weighted by Crippen LogP contribution is 2.54. The monoisotopic (exact) mass is 577 g/mol. The summed E-state index contributed by atoms with van der Waals surface area (Å²) in [5.41, 5.74) is 0.237. The van der Waals surface area contributed by atoms with Crippen LogP contribution in [0.15, 0.2) is 97.1 Å². The maximum atomic E-state index is 14.2. The van der Waals surface area contributed by atoms with Crippen molar-refractivity contribution < 1.29 is 27.1 Å². The van der Waals surface area contributed by atoms with Gasteiger partial charge >= 0.3 is 6.18 Å². The molecular formula is C28H21Cl2F3NO3P. The summed E-state index contributed by atoms with van der Waals surface area (Å²) in [6.07, 6.45) is -4.45. The number of rotatable bonds is 8. The molecule has 0 aliphatic carbocycles. The predicted octanol–water partition coefficient (Wildman–Crippen LogP) is 9.32. The summed E-state index contributed by atoms with van der Waals surface area (Å²) in [7, 11) is -3.49. The molecule has 4 rings (SSSR count). The highest BCUT2D eigenvalue weighted by Gasteiger charge is 2.32. The zero-order valence-corrected chi connectivity index (χ0v) is 22.1. The van der Waals surface area contributed by atoms with E-state index in [0.29, 0.717) is 0 Å². The summed E-state index contributed by atoms with van der Waals surface area (Å²) < 4.78 is 59.9. The number of carbonyl (C=O) groups is 1. The largest absolute Gasteiger partial charge is 0.441 e. The normalized spacial score (nSPS) is 11.7. The van der Waals surface area contributed by atoms with Gasteiger partial charge in [-0.3, -0.25) is 9.36 Å². The van der Waals surface area contributed by atoms with Gasteiger partial charge in [-0.15, -0.1) is 0 Å². The fraction of sp³-hybridized carbons (Fsp3) is 0.107. The third-order valence-corrected chi connectivity index (χ3v) is 8.31. The molecule has 0 saturated heterocycles. The number of halogens is 5. The molecule has 4 aromatic rings. The number of alkyl halides is 3. The molecule has 38 heavy (non-hydrogen) atoms. The van der Waals surface area contributed by atoms with E-state index in [1.54, 1.807) is 0 Å². The van der Waals surface area contributed by atoms with E-state index in [-0.39, 0.29) is 39.4 Å². The molecule has 0 heterocycles. The second kappa shape index (κ2) is 11.6. The summed E-state index contributed by atoms with van der Waals surface area (Å²) >= 11 is 12.2. The molecule has 0 saturated carbocycles. The molecule has 1 amide bonds. The van der Waals surface area contributed by atoms with Gasteiger partial charge in [-0.2, -0.15) is 13.2 Å². The minimum atomic E-state index is -4.63. The minimum Gasteiger partial charge on any atom is -0.441 e. The first kappa shape index (κ1) is 27.8. The number of hydrogen-bond acceptors (Lipinski definition) is 3. The van der Waals surface area contributed by atoms with Gasteiger partial charge in [-0.05, 0) is 47.5 Å². The van der Waals surface area contributed by atoms with Gasteiger partial charge in [-0.25, -0.2) is 0 Å². The lowest BCUT2D eigenvalue weighted by Gasteiger charge is -2.22. The van der Waals surface area contributed by atoms with Crippen molar-refractivity contribution in [2.75, 3.05) is 5.32 Å². The van der Waals surface area contributed by atoms with Gasteiger partial charge in [0.1, 0.15) is 5.75 Å². The maximum absolute atomic E-state index is 14.2. The lowest BCUT2D eigenvalue weighted by atomic mass is 10.1. The quantitative estimate of drug-likeness (QED) is 0.212. The average molecular weight is 578 g/mol. The van der Waals surface area contributed by atoms with Crippen LogP contribution in [0.1, 0.15) is 27.0 Å². The SMILES string of the molecule is O=C(Nc1cc(C(F)(F)F)ccc1Cl)c1cc(Cl)ccc1OP(=O)(Cc1ccccc1)Cc1ccccc1. The van der Waals surface area contributed by atoms with E-state index in [9.17, 15) is 22.5 Å². The van der Waals surface area contributed by atoms with E-state index >= 15 is 0 Å². The number of carbonyl (C=O) groups excluding carboxylic acids is 1. The molecule has 0 atom stereocenters. The molecule has 0 fully saturated rings. The molecule has 0 aliphatic rings. The van der Waals surface area contributed by atoms with Crippen molar-refractivity contribution in [1.29, 1.82) is 0 Å². The topological polar surface area (TPSA) is 55.4 Å². The van der Waals surface area contributed by atoms with Gasteiger partial charge in [0.25, 0.3) is 13.3 Å². The highest BCUT2D eigenvalue weighted by molar-refractivity contribution is 7.57. The molecule has 0 aliphatic heterocycles. The second-order valence-electron chi connectivity index (χ2n) is 8.48. The Morgan fingerprint density at radius 2 is 1.39 bits per heavy atom. The molecule has 1 N–H and O–H groups in total. The van der Waals surface area contributed by atoms with Crippen molar-refractivity contribution in [2.24, 2.45) is 0 Å². The van der Waals surface area contributed by atoms with Crippen LogP contribution in [0.4, 0.5) is 18.9 Å². The molecule has 4 aromatic carbocycles. The molecule has 0 aromatic heterocycles. The zero-order chi connectivity index (χ0) is 27.3. The van der Waals surface area contributed by atoms with Crippen LogP contribution in [0, 0.1) is 0 Å². The summed E-state index contributed by atoms with van der Waals surface area (Å²) in [5.74, 6) is -0.847. The summed E-state index contributed by atoms with van der Waals surface area (Å²) in [6.45, 7) is 0. The zero-order valence-electron chi connectivity index (χ0n) is 19.7. The lowest BCUT2D eigenvalue weighted by molar-refractivity contribution is -0.137. The Labute approximate surface area is 227 Å². The van der Waals surface area contributed by atoms with Crippen molar-refractivity contribution in [3.05, 3.63) is 129 Å². The van der Waals surface area contributed by atoms with E-state index in [2.05, 4.69) is 5.32 Å². The van der Waals surface area contributed by atoms with E-state index in [4.69, 9.17) is 27.7 Å². The Morgan fingerprint density at radius 3 is 1.95 bits per heavy atom. The first-order valence-corrected chi connectivity index (χ1v) is 14.1. The summed E-state index contributed by atoms with van der Waals surface area (Å²) in [5, 5.41) is 2.48. The Bertz CT molecular complexity index is 1440. The second-order valence-corrected chi connectivity index (χ2v) is 11.8. The fourth-order valence-corrected chi connectivity index (χ4v) is 6.40. The molecule has 0 bridgehead atoms. The van der Waals surface area contributed by atoms with Gasteiger partial charge in [0, 0.05) is 5.02 Å². The first-order chi connectivity index (χ1) is 18.0. The van der Waals surface area contributed by atoms with Gasteiger partial charge in [0.2, 0.25) is 0 Å². The number of amides is 1. The van der Waals surface area contributed by atoms with Gasteiger partial charge in [0.05, 0.1) is 34.2 Å². The molecule has 0 unspecified atom stereocenters. The van der Waals surface area contributed by atoms with Gasteiger partial charge < -0.3 is 9.84 Å². The van der Waals surface area contributed by atoms with Crippen LogP contribution in [0.2, 0.25) is 10.0 Å². The van der Waals surface area contributed by atoms with Crippen molar-refractivity contribution >= 4 is 42.2 Å². The van der Waals surface area contributed by atoms with Crippen LogP contribution in [0.25, 0.3) is 0 Å². The lowest BCUT2D eigenvalue weighted by Crippen LogP contribution is -2.15. The van der Waals surface area contributed by atoms with E-state index < -0.39 is 25.0 Å². The van der Waals surface area contributed by atoms with Crippen molar-refractivity contribution in [3.63, 3.8) is 0 Å². The third kappa shape index (κ3) is 7.19. The fourth-order valence-electron chi connectivity index (χ4n) is 3.77. The van der Waals surface area contributed by atoms with Crippen LogP contribution in [0.3, 0.4) is 0 Å². The number of benzene rings is 4. The Kier molecular flexibility index (Phi) is 8.51. The number of nitrogens with one attached hydrogen (secondary N) is 1. The molecule has 10 heteroatoms. The van der Waals surface area contributed by atoms with E-state index in [0.717, 1.165) is 29.3 Å². The summed E-state index contributed by atoms with van der Waals surface area (Å²) in [6, 6.07) is 25.0. The van der Waals surface area contributed by atoms with Crippen LogP contribution < -0.4 is 9.84 Å². The van der Waals surface area contributed by atoms with Gasteiger partial charge in [-0.1, -0.05) is 83.9 Å². The molecular weight excluding hydrogens is 557 g/mol. The van der Waals surface area contributed by atoms with Crippen molar-refractivity contribution in [2.45, 2.75) is 18.5 Å². The first-order valence-electron chi connectivity index (χ1n) is 11.4. The number of hydrogen-bond donors (Lipinski definition) is 1. The van der Waals surface area contributed by atoms with Crippen LogP contribution in [-0.2, 0) is 23.1 Å². The standard InChI is InChI=1S/C28H21Cl2F3NO3P/c29-22-12-14-26(23(16-22)27(35)34-25-15-21(28(31,32)33)11-13-24(25)30)37-38(36,17-19-7-3-1-4-8-19)18-20-9-5-2-6-10-20/h1-16H,17-18H2,(H,34,35). The van der Waals surface area contributed by atoms with E-state index in [1.165, 1.54) is 18.2 Å². The molecule has 0 radical (unpaired) electrons. The smallest absolute Gasteiger partial charge is 0.416 e. The van der Waals surface area contributed by atoms with Crippen molar-refractivity contribution in [1.82, 2.24) is 0 Å².